The molecule has 3 aliphatic rings. The van der Waals surface area contributed by atoms with Crippen LogP contribution >= 0.6 is 0 Å². The number of nitrogens with two attached hydrogens (primary N) is 1. The SMILES string of the molecule is COc1ccc2nccc([C@@H](O)[C@H](N)C(=O)NC[C@@H]3CN(C4=COC=C(C5=CC=CCC5)O4)C(=O)O3)c2n1. The lowest BCUT2D eigenvalue weighted by Crippen LogP contribution is -2.47. The van der Waals surface area contributed by atoms with Gasteiger partial charge in [0.2, 0.25) is 17.7 Å². The van der Waals surface area contributed by atoms with Gasteiger partial charge >= 0.3 is 6.09 Å². The standard InChI is InChI=1S/C26H27N5O7/c1-35-20-8-7-18-23(30-20)17(9-10-28-18)24(32)22(27)25(33)29-11-16-12-31(26(34)37-16)21-14-36-13-19(38-21)15-5-3-2-4-6-15/h2-3,5,7-10,13-14,16,22,24,32H,4,6,11-12,27H2,1H3,(H,29,33)/t16-,22+,24-/m1/s1. The van der Waals surface area contributed by atoms with Gasteiger partial charge in [-0.05, 0) is 30.5 Å². The van der Waals surface area contributed by atoms with E-state index in [1.165, 1.54) is 30.7 Å². The van der Waals surface area contributed by atoms with Gasteiger partial charge < -0.3 is 35.1 Å². The lowest BCUT2D eigenvalue weighted by molar-refractivity contribution is -0.125. The molecule has 0 radical (unpaired) electrons. The number of carbonyl (C=O) groups is 2. The number of amides is 2. The molecule has 5 rings (SSSR count). The van der Waals surface area contributed by atoms with Crippen LogP contribution in [0.25, 0.3) is 11.0 Å². The molecule has 1 aliphatic carbocycles. The van der Waals surface area contributed by atoms with E-state index in [-0.39, 0.29) is 19.0 Å². The molecule has 12 nitrogen and oxygen atoms in total. The van der Waals surface area contributed by atoms with Crippen molar-refractivity contribution in [2.75, 3.05) is 20.2 Å². The molecule has 0 aromatic carbocycles. The molecular weight excluding hydrogens is 494 g/mol. The van der Waals surface area contributed by atoms with E-state index in [2.05, 4.69) is 21.4 Å². The number of aliphatic hydroxyl groups is 1. The van der Waals surface area contributed by atoms with Gasteiger partial charge in [0, 0.05) is 17.8 Å². The van der Waals surface area contributed by atoms with Crippen molar-refractivity contribution in [1.82, 2.24) is 20.2 Å². The molecule has 198 valence electrons. The smallest absolute Gasteiger partial charge is 0.417 e. The second kappa shape index (κ2) is 10.9. The van der Waals surface area contributed by atoms with Crippen molar-refractivity contribution in [3.8, 4) is 5.88 Å². The quantitative estimate of drug-likeness (QED) is 0.468. The van der Waals surface area contributed by atoms with Crippen LogP contribution in [-0.2, 0) is 19.0 Å². The largest absolute Gasteiger partial charge is 0.481 e. The lowest BCUT2D eigenvalue weighted by atomic mass is 10.0. The Kier molecular flexibility index (Phi) is 7.24. The van der Waals surface area contributed by atoms with E-state index in [1.807, 2.05) is 12.2 Å². The molecule has 2 amide bonds. The second-order valence-electron chi connectivity index (χ2n) is 8.79. The van der Waals surface area contributed by atoms with Gasteiger partial charge in [0.05, 0.1) is 31.2 Å². The number of ether oxygens (including phenoxy) is 4. The summed E-state index contributed by atoms with van der Waals surface area (Å²) in [7, 11) is 1.47. The fourth-order valence-electron chi connectivity index (χ4n) is 4.24. The third-order valence-corrected chi connectivity index (χ3v) is 6.29. The summed E-state index contributed by atoms with van der Waals surface area (Å²) >= 11 is 0. The van der Waals surface area contributed by atoms with Crippen LogP contribution in [-0.4, -0.2) is 64.3 Å². The van der Waals surface area contributed by atoms with Gasteiger partial charge in [-0.15, -0.1) is 0 Å². The molecular formula is C26H27N5O7. The number of cyclic esters (lactones) is 1. The van der Waals surface area contributed by atoms with Gasteiger partial charge in [-0.1, -0.05) is 18.2 Å². The highest BCUT2D eigenvalue weighted by molar-refractivity contribution is 5.85. The molecule has 0 saturated carbocycles. The van der Waals surface area contributed by atoms with Crippen LogP contribution in [0.2, 0.25) is 0 Å². The van der Waals surface area contributed by atoms with Crippen molar-refractivity contribution in [1.29, 1.82) is 0 Å². The molecule has 0 unspecified atom stereocenters. The number of aromatic nitrogens is 2. The minimum atomic E-state index is -1.37. The number of rotatable bonds is 8. The lowest BCUT2D eigenvalue weighted by Gasteiger charge is -2.23. The summed E-state index contributed by atoms with van der Waals surface area (Å²) in [5.41, 5.74) is 8.26. The summed E-state index contributed by atoms with van der Waals surface area (Å²) < 4.78 is 21.8. The Morgan fingerprint density at radius 2 is 2.21 bits per heavy atom. The monoisotopic (exact) mass is 521 g/mol. The van der Waals surface area contributed by atoms with Crippen LogP contribution in [0, 0.1) is 0 Å². The molecule has 2 aliphatic heterocycles. The van der Waals surface area contributed by atoms with Crippen molar-refractivity contribution in [2.45, 2.75) is 31.1 Å². The normalized spacial score (nSPS) is 20.4. The highest BCUT2D eigenvalue weighted by Gasteiger charge is 2.37. The zero-order chi connectivity index (χ0) is 26.6. The fourth-order valence-corrected chi connectivity index (χ4v) is 4.24. The van der Waals surface area contributed by atoms with Gasteiger partial charge in [-0.2, -0.15) is 0 Å². The minimum Gasteiger partial charge on any atom is -0.481 e. The zero-order valence-corrected chi connectivity index (χ0v) is 20.6. The third-order valence-electron chi connectivity index (χ3n) is 6.29. The Labute approximate surface area is 218 Å². The number of carbonyl (C=O) groups excluding carboxylic acids is 2. The van der Waals surface area contributed by atoms with Crippen molar-refractivity contribution >= 4 is 23.0 Å². The first-order chi connectivity index (χ1) is 18.4. The van der Waals surface area contributed by atoms with E-state index in [0.717, 1.165) is 18.4 Å². The predicted molar refractivity (Wildman–Crippen MR) is 134 cm³/mol. The first-order valence-electron chi connectivity index (χ1n) is 12.0. The number of hydrogen-bond donors (Lipinski definition) is 3. The van der Waals surface area contributed by atoms with E-state index >= 15 is 0 Å². The molecule has 12 heteroatoms. The molecule has 1 saturated heterocycles. The van der Waals surface area contributed by atoms with Gasteiger partial charge in [-0.3, -0.25) is 9.78 Å². The minimum absolute atomic E-state index is 0.0164. The predicted octanol–water partition coefficient (Wildman–Crippen LogP) is 1.90. The van der Waals surface area contributed by atoms with E-state index in [1.54, 1.807) is 18.2 Å². The highest BCUT2D eigenvalue weighted by Crippen LogP contribution is 2.29. The third kappa shape index (κ3) is 5.17. The molecule has 4 heterocycles. The van der Waals surface area contributed by atoms with Crippen molar-refractivity contribution in [3.63, 3.8) is 0 Å². The average Bonchev–Trinajstić information content (AvgIpc) is 3.35. The summed E-state index contributed by atoms with van der Waals surface area (Å²) in [6.45, 7) is 0.106. The molecule has 3 atom stereocenters. The molecule has 4 N–H and O–H groups in total. The number of pyridine rings is 2. The summed E-state index contributed by atoms with van der Waals surface area (Å²) in [4.78, 5) is 35.1. The van der Waals surface area contributed by atoms with Crippen LogP contribution in [0.15, 0.2) is 72.4 Å². The van der Waals surface area contributed by atoms with E-state index < -0.39 is 30.3 Å². The maximum Gasteiger partial charge on any atom is 0.417 e. The average molecular weight is 522 g/mol. The Morgan fingerprint density at radius 1 is 1.34 bits per heavy atom. The van der Waals surface area contributed by atoms with Crippen molar-refractivity contribution in [3.05, 3.63) is 77.9 Å². The maximum atomic E-state index is 12.8. The Bertz CT molecular complexity index is 1370. The fraction of sp³-hybridized carbons (Fsp3) is 0.308. The zero-order valence-electron chi connectivity index (χ0n) is 20.6. The number of nitrogens with one attached hydrogen (secondary N) is 1. The van der Waals surface area contributed by atoms with Crippen molar-refractivity contribution in [2.24, 2.45) is 5.73 Å². The van der Waals surface area contributed by atoms with E-state index in [4.69, 9.17) is 24.7 Å². The summed E-state index contributed by atoms with van der Waals surface area (Å²) in [5.74, 6) is 0.421. The Morgan fingerprint density at radius 3 is 3.00 bits per heavy atom. The Hall–Kier alpha value is -4.42. The molecule has 38 heavy (non-hydrogen) atoms. The molecule has 2 aromatic rings. The molecule has 0 bridgehead atoms. The number of fused-ring (bicyclic) bond motifs is 1. The van der Waals surface area contributed by atoms with Crippen LogP contribution in [0.1, 0.15) is 24.5 Å². The number of allylic oxidation sites excluding steroid dienone is 4. The van der Waals surface area contributed by atoms with E-state index in [9.17, 15) is 14.7 Å². The van der Waals surface area contributed by atoms with Crippen LogP contribution in [0.3, 0.4) is 0 Å². The second-order valence-corrected chi connectivity index (χ2v) is 8.79. The summed E-state index contributed by atoms with van der Waals surface area (Å²) in [6, 6.07) is 3.57. The van der Waals surface area contributed by atoms with Crippen LogP contribution in [0.4, 0.5) is 4.79 Å². The Balaban J connectivity index is 1.18. The summed E-state index contributed by atoms with van der Waals surface area (Å²) in [6.07, 6.45) is 9.24. The number of aliphatic hydroxyl groups excluding tert-OH is 1. The maximum absolute atomic E-state index is 12.8. The van der Waals surface area contributed by atoms with Gasteiger partial charge in [-0.25, -0.2) is 14.7 Å². The number of hydrogen-bond acceptors (Lipinski definition) is 10. The van der Waals surface area contributed by atoms with Crippen LogP contribution in [0.5, 0.6) is 5.88 Å². The molecule has 0 spiro atoms. The first-order valence-corrected chi connectivity index (χ1v) is 12.0. The van der Waals surface area contributed by atoms with Crippen molar-refractivity contribution < 1.29 is 33.6 Å². The van der Waals surface area contributed by atoms with E-state index in [0.29, 0.717) is 28.2 Å². The molecule has 1 fully saturated rings. The molecule has 2 aromatic heterocycles. The topological polar surface area (TPSA) is 158 Å². The van der Waals surface area contributed by atoms with Gasteiger partial charge in [0.15, 0.2) is 12.0 Å². The first kappa shape index (κ1) is 25.2. The highest BCUT2D eigenvalue weighted by atomic mass is 16.6. The number of nitrogens with zero attached hydrogens (tertiary/aromatic N) is 3. The van der Waals surface area contributed by atoms with Crippen LogP contribution < -0.4 is 15.8 Å². The summed E-state index contributed by atoms with van der Waals surface area (Å²) in [5, 5.41) is 13.5. The van der Waals surface area contributed by atoms with Gasteiger partial charge in [0.25, 0.3) is 0 Å². The van der Waals surface area contributed by atoms with Gasteiger partial charge in [0.1, 0.15) is 24.5 Å². The number of methoxy groups -OCH3 is 1.